The Hall–Kier alpha value is -2.13. The molecule has 2 heterocycles. The van der Waals surface area contributed by atoms with Gasteiger partial charge in [-0.15, -0.1) is 0 Å². The molecule has 0 amide bonds. The number of hydrogen-bond donors (Lipinski definition) is 2. The second-order valence-corrected chi connectivity index (χ2v) is 10.1. The molecule has 1 aromatic heterocycles. The van der Waals surface area contributed by atoms with Crippen LogP contribution in [0, 0.1) is 11.8 Å². The number of fused-ring (bicyclic) bond motifs is 1. The van der Waals surface area contributed by atoms with Crippen molar-refractivity contribution in [2.24, 2.45) is 11.8 Å². The third-order valence-electron chi connectivity index (χ3n) is 5.45. The van der Waals surface area contributed by atoms with Crippen LogP contribution in [0.25, 0.3) is 11.0 Å². The topological polar surface area (TPSA) is 113 Å². The highest BCUT2D eigenvalue weighted by atomic mass is 32.2. The Morgan fingerprint density at radius 3 is 2.79 bits per heavy atom. The van der Waals surface area contributed by atoms with Crippen LogP contribution in [-0.2, 0) is 21.2 Å². The van der Waals surface area contributed by atoms with Gasteiger partial charge in [-0.1, -0.05) is 6.07 Å². The minimum absolute atomic E-state index is 0.0315. The molecule has 0 aliphatic carbocycles. The number of piperidine rings is 1. The molecule has 8 nitrogen and oxygen atoms in total. The zero-order valence-electron chi connectivity index (χ0n) is 16.4. The average molecular weight is 410 g/mol. The van der Waals surface area contributed by atoms with Crippen LogP contribution in [0.3, 0.4) is 0 Å². The van der Waals surface area contributed by atoms with Crippen LogP contribution in [0.5, 0.6) is 5.75 Å². The van der Waals surface area contributed by atoms with Crippen molar-refractivity contribution in [1.82, 2.24) is 14.3 Å². The summed E-state index contributed by atoms with van der Waals surface area (Å²) in [5.74, 6) is 0.302. The molecule has 2 atom stereocenters. The number of nitrogens with zero attached hydrogens (tertiary/aromatic N) is 2. The standard InChI is InChI=1S/C19H27N3O5S/c1-12(2)28(25,26)22-8-7-13(10-18(23)24)14(11-22)9-17-20-15-5-4-6-16(27-3)19(15)21-17/h4-6,12-14H,7-11H2,1-3H3,(H,20,21)(H,23,24)/t13-,14-/m0/s1. The molecule has 0 radical (unpaired) electrons. The van der Waals surface area contributed by atoms with Crippen LogP contribution in [0.4, 0.5) is 0 Å². The lowest BCUT2D eigenvalue weighted by Gasteiger charge is -2.38. The second kappa shape index (κ2) is 8.08. The molecular weight excluding hydrogens is 382 g/mol. The van der Waals surface area contributed by atoms with Crippen LogP contribution in [0.15, 0.2) is 18.2 Å². The predicted molar refractivity (Wildman–Crippen MR) is 106 cm³/mol. The van der Waals surface area contributed by atoms with E-state index >= 15 is 0 Å². The zero-order chi connectivity index (χ0) is 20.5. The van der Waals surface area contributed by atoms with E-state index in [1.54, 1.807) is 21.0 Å². The van der Waals surface area contributed by atoms with Crippen LogP contribution >= 0.6 is 0 Å². The minimum atomic E-state index is -3.38. The van der Waals surface area contributed by atoms with Gasteiger partial charge in [-0.2, -0.15) is 0 Å². The Bertz CT molecular complexity index is 954. The minimum Gasteiger partial charge on any atom is -0.494 e. The summed E-state index contributed by atoms with van der Waals surface area (Å²) in [4.78, 5) is 19.2. The summed E-state index contributed by atoms with van der Waals surface area (Å²) in [6.07, 6.45) is 1.05. The number of carbonyl (C=O) groups is 1. The van der Waals surface area contributed by atoms with E-state index in [1.807, 2.05) is 18.2 Å². The van der Waals surface area contributed by atoms with Crippen molar-refractivity contribution in [3.8, 4) is 5.75 Å². The number of ether oxygens (including phenoxy) is 1. The molecule has 1 aliphatic rings. The van der Waals surface area contributed by atoms with Crippen molar-refractivity contribution in [2.45, 2.75) is 38.4 Å². The number of aromatic nitrogens is 2. The van der Waals surface area contributed by atoms with E-state index in [0.29, 0.717) is 37.5 Å². The summed E-state index contributed by atoms with van der Waals surface area (Å²) in [6.45, 7) is 4.01. The zero-order valence-corrected chi connectivity index (χ0v) is 17.2. The highest BCUT2D eigenvalue weighted by Gasteiger charge is 2.37. The van der Waals surface area contributed by atoms with Gasteiger partial charge in [-0.3, -0.25) is 4.79 Å². The lowest BCUT2D eigenvalue weighted by molar-refractivity contribution is -0.138. The summed E-state index contributed by atoms with van der Waals surface area (Å²) in [5, 5.41) is 8.77. The number of aromatic amines is 1. The second-order valence-electron chi connectivity index (χ2n) is 7.60. The first-order valence-corrected chi connectivity index (χ1v) is 10.9. The van der Waals surface area contributed by atoms with E-state index < -0.39 is 21.2 Å². The molecule has 28 heavy (non-hydrogen) atoms. The van der Waals surface area contributed by atoms with Crippen LogP contribution in [0.1, 0.15) is 32.5 Å². The van der Waals surface area contributed by atoms with E-state index in [4.69, 9.17) is 4.74 Å². The van der Waals surface area contributed by atoms with Crippen LogP contribution in [-0.4, -0.2) is 59.2 Å². The molecular formula is C19H27N3O5S. The summed E-state index contributed by atoms with van der Waals surface area (Å²) >= 11 is 0. The number of carboxylic acids is 1. The molecule has 0 unspecified atom stereocenters. The first-order chi connectivity index (χ1) is 13.2. The third-order valence-corrected chi connectivity index (χ3v) is 7.69. The number of imidazole rings is 1. The van der Waals surface area contributed by atoms with Crippen molar-refractivity contribution in [3.63, 3.8) is 0 Å². The molecule has 154 valence electrons. The molecule has 0 spiro atoms. The summed E-state index contributed by atoms with van der Waals surface area (Å²) in [6, 6.07) is 5.60. The van der Waals surface area contributed by atoms with Gasteiger partial charge in [0.25, 0.3) is 0 Å². The molecule has 0 saturated carbocycles. The molecule has 3 rings (SSSR count). The maximum absolute atomic E-state index is 12.6. The number of benzene rings is 1. The number of nitrogens with one attached hydrogen (secondary N) is 1. The Morgan fingerprint density at radius 1 is 1.39 bits per heavy atom. The van der Waals surface area contributed by atoms with Gasteiger partial charge in [0.05, 0.1) is 17.9 Å². The fraction of sp³-hybridized carbons (Fsp3) is 0.579. The normalized spacial score (nSPS) is 21.3. The molecule has 1 aromatic carbocycles. The van der Waals surface area contributed by atoms with Gasteiger partial charge in [0, 0.05) is 25.9 Å². The highest BCUT2D eigenvalue weighted by molar-refractivity contribution is 7.89. The van der Waals surface area contributed by atoms with E-state index in [9.17, 15) is 18.3 Å². The molecule has 1 aliphatic heterocycles. The smallest absolute Gasteiger partial charge is 0.303 e. The molecule has 2 aromatic rings. The van der Waals surface area contributed by atoms with Gasteiger partial charge in [-0.05, 0) is 44.2 Å². The number of sulfonamides is 1. The number of aliphatic carboxylic acids is 1. The number of H-pyrrole nitrogens is 1. The monoisotopic (exact) mass is 409 g/mol. The Kier molecular flexibility index (Phi) is 5.95. The number of rotatable bonds is 7. The van der Waals surface area contributed by atoms with Gasteiger partial charge in [-0.25, -0.2) is 17.7 Å². The van der Waals surface area contributed by atoms with Crippen molar-refractivity contribution < 1.29 is 23.1 Å². The Balaban J connectivity index is 1.87. The molecule has 0 bridgehead atoms. The molecule has 1 saturated heterocycles. The largest absolute Gasteiger partial charge is 0.494 e. The number of methoxy groups -OCH3 is 1. The number of para-hydroxylation sites is 1. The van der Waals surface area contributed by atoms with Crippen LogP contribution < -0.4 is 4.74 Å². The van der Waals surface area contributed by atoms with Crippen molar-refractivity contribution in [2.75, 3.05) is 20.2 Å². The van der Waals surface area contributed by atoms with Crippen LogP contribution in [0.2, 0.25) is 0 Å². The number of hydrogen-bond acceptors (Lipinski definition) is 5. The molecule has 2 N–H and O–H groups in total. The van der Waals surface area contributed by atoms with E-state index in [0.717, 1.165) is 11.0 Å². The predicted octanol–water partition coefficient (Wildman–Crippen LogP) is 2.26. The Labute approximate surface area is 165 Å². The molecule has 1 fully saturated rings. The van der Waals surface area contributed by atoms with Gasteiger partial charge in [0.2, 0.25) is 10.0 Å². The van der Waals surface area contributed by atoms with Crippen molar-refractivity contribution >= 4 is 27.0 Å². The van der Waals surface area contributed by atoms with Crippen molar-refractivity contribution in [3.05, 3.63) is 24.0 Å². The van der Waals surface area contributed by atoms with E-state index in [1.165, 1.54) is 4.31 Å². The number of carboxylic acid groups (broad SMARTS) is 1. The lowest BCUT2D eigenvalue weighted by atomic mass is 9.82. The van der Waals surface area contributed by atoms with Gasteiger partial charge in [0.1, 0.15) is 17.1 Å². The Morgan fingerprint density at radius 2 is 2.14 bits per heavy atom. The quantitative estimate of drug-likeness (QED) is 0.725. The van der Waals surface area contributed by atoms with Gasteiger partial charge >= 0.3 is 5.97 Å². The van der Waals surface area contributed by atoms with E-state index in [-0.39, 0.29) is 18.3 Å². The third kappa shape index (κ3) is 4.15. The van der Waals surface area contributed by atoms with E-state index in [2.05, 4.69) is 9.97 Å². The fourth-order valence-electron chi connectivity index (χ4n) is 3.87. The fourth-order valence-corrected chi connectivity index (χ4v) is 5.22. The average Bonchev–Trinajstić information content (AvgIpc) is 3.04. The summed E-state index contributed by atoms with van der Waals surface area (Å²) in [5.41, 5.74) is 1.56. The highest BCUT2D eigenvalue weighted by Crippen LogP contribution is 2.32. The first-order valence-electron chi connectivity index (χ1n) is 9.44. The van der Waals surface area contributed by atoms with Crippen molar-refractivity contribution in [1.29, 1.82) is 0 Å². The summed E-state index contributed by atoms with van der Waals surface area (Å²) < 4.78 is 32.1. The van der Waals surface area contributed by atoms with Gasteiger partial charge in [0.15, 0.2) is 0 Å². The molecule has 9 heteroatoms. The maximum atomic E-state index is 12.6. The first kappa shape index (κ1) is 20.6. The summed E-state index contributed by atoms with van der Waals surface area (Å²) in [7, 11) is -1.79. The maximum Gasteiger partial charge on any atom is 0.303 e. The lowest BCUT2D eigenvalue weighted by Crippen LogP contribution is -2.47. The SMILES string of the molecule is COc1cccc2[nH]c(C[C@H]3CN(S(=O)(=O)C(C)C)CC[C@H]3CC(=O)O)nc12. The van der Waals surface area contributed by atoms with Gasteiger partial charge < -0.3 is 14.8 Å².